The number of rotatable bonds is 2. The summed E-state index contributed by atoms with van der Waals surface area (Å²) in [6, 6.07) is 10.6. The summed E-state index contributed by atoms with van der Waals surface area (Å²) < 4.78 is 1.49. The smallest absolute Gasteiger partial charge is 0.261 e. The van der Waals surface area contributed by atoms with Crippen molar-refractivity contribution in [3.05, 3.63) is 69.1 Å². The van der Waals surface area contributed by atoms with Gasteiger partial charge in [0, 0.05) is 18.3 Å². The van der Waals surface area contributed by atoms with E-state index in [4.69, 9.17) is 0 Å². The van der Waals surface area contributed by atoms with Crippen LogP contribution < -0.4 is 5.56 Å². The van der Waals surface area contributed by atoms with Gasteiger partial charge in [0.25, 0.3) is 5.56 Å². The Kier molecular flexibility index (Phi) is 3.15. The number of nitrogens with zero attached hydrogens (tertiary/aromatic N) is 1. The zero-order valence-electron chi connectivity index (χ0n) is 10.7. The summed E-state index contributed by atoms with van der Waals surface area (Å²) in [6.07, 6.45) is 0. The van der Waals surface area contributed by atoms with Crippen molar-refractivity contribution in [1.82, 2.24) is 4.57 Å². The van der Waals surface area contributed by atoms with Gasteiger partial charge in [-0.15, -0.1) is 0 Å². The number of pyridine rings is 1. The van der Waals surface area contributed by atoms with Crippen molar-refractivity contribution >= 4 is 5.78 Å². The number of ketones is 1. The highest BCUT2D eigenvalue weighted by molar-refractivity contribution is 6.08. The zero-order chi connectivity index (χ0) is 13.3. The first-order valence-electron chi connectivity index (χ1n) is 5.78. The van der Waals surface area contributed by atoms with Crippen LogP contribution in [0, 0.1) is 13.8 Å². The highest BCUT2D eigenvalue weighted by Gasteiger charge is 2.14. The third kappa shape index (κ3) is 2.12. The first-order chi connectivity index (χ1) is 8.50. The lowest BCUT2D eigenvalue weighted by atomic mass is 10.0. The first-order valence-corrected chi connectivity index (χ1v) is 5.78. The molecule has 0 bridgehead atoms. The molecule has 92 valence electrons. The van der Waals surface area contributed by atoms with E-state index in [2.05, 4.69) is 0 Å². The fourth-order valence-corrected chi connectivity index (χ4v) is 1.76. The highest BCUT2D eigenvalue weighted by atomic mass is 16.1. The molecule has 1 aromatic heterocycles. The maximum atomic E-state index is 12.2. The number of aromatic nitrogens is 1. The van der Waals surface area contributed by atoms with Gasteiger partial charge in [-0.25, -0.2) is 0 Å². The summed E-state index contributed by atoms with van der Waals surface area (Å²) in [5.74, 6) is -0.226. The largest absolute Gasteiger partial charge is 0.315 e. The zero-order valence-corrected chi connectivity index (χ0v) is 10.7. The molecule has 0 aliphatic carbocycles. The Morgan fingerprint density at radius 3 is 2.22 bits per heavy atom. The van der Waals surface area contributed by atoms with Crippen LogP contribution in [-0.2, 0) is 7.05 Å². The minimum Gasteiger partial charge on any atom is -0.315 e. The van der Waals surface area contributed by atoms with Crippen molar-refractivity contribution in [3.63, 3.8) is 0 Å². The maximum Gasteiger partial charge on any atom is 0.261 e. The lowest BCUT2D eigenvalue weighted by molar-refractivity contribution is 0.103. The topological polar surface area (TPSA) is 39.1 Å². The molecule has 2 aromatic rings. The van der Waals surface area contributed by atoms with Gasteiger partial charge in [0.2, 0.25) is 0 Å². The molecule has 0 radical (unpaired) electrons. The van der Waals surface area contributed by atoms with Gasteiger partial charge in [0.05, 0.1) is 5.56 Å². The SMILES string of the molecule is Cc1ccc(C(=O)c2ccc(C)n(C)c2=O)cc1. The maximum absolute atomic E-state index is 12.2. The predicted octanol–water partition coefficient (Wildman–Crippen LogP) is 2.23. The van der Waals surface area contributed by atoms with Gasteiger partial charge >= 0.3 is 0 Å². The van der Waals surface area contributed by atoms with E-state index in [0.717, 1.165) is 11.3 Å². The molecular formula is C15H15NO2. The summed E-state index contributed by atoms with van der Waals surface area (Å²) in [7, 11) is 1.67. The van der Waals surface area contributed by atoms with Crippen LogP contribution in [0.1, 0.15) is 27.2 Å². The minimum atomic E-state index is -0.249. The van der Waals surface area contributed by atoms with Crippen molar-refractivity contribution in [2.24, 2.45) is 7.05 Å². The summed E-state index contributed by atoms with van der Waals surface area (Å²) in [5.41, 5.74) is 2.43. The lowest BCUT2D eigenvalue weighted by Crippen LogP contribution is -2.25. The van der Waals surface area contributed by atoms with Gasteiger partial charge in [-0.3, -0.25) is 9.59 Å². The van der Waals surface area contributed by atoms with E-state index in [9.17, 15) is 9.59 Å². The summed E-state index contributed by atoms with van der Waals surface area (Å²) >= 11 is 0. The van der Waals surface area contributed by atoms with Crippen LogP contribution in [0.4, 0.5) is 0 Å². The number of aryl methyl sites for hydroxylation is 2. The Labute approximate surface area is 106 Å². The molecule has 0 aliphatic heterocycles. The fourth-order valence-electron chi connectivity index (χ4n) is 1.76. The molecule has 0 unspecified atom stereocenters. The molecule has 0 aliphatic rings. The van der Waals surface area contributed by atoms with E-state index in [0.29, 0.717) is 5.56 Å². The number of benzene rings is 1. The predicted molar refractivity (Wildman–Crippen MR) is 71.0 cm³/mol. The number of carbonyl (C=O) groups excluding carboxylic acids is 1. The molecule has 1 aromatic carbocycles. The molecule has 0 amide bonds. The first kappa shape index (κ1) is 12.3. The highest BCUT2D eigenvalue weighted by Crippen LogP contribution is 2.08. The van der Waals surface area contributed by atoms with Crippen molar-refractivity contribution in [3.8, 4) is 0 Å². The van der Waals surface area contributed by atoms with Gasteiger partial charge < -0.3 is 4.57 Å². The summed E-state index contributed by atoms with van der Waals surface area (Å²) in [6.45, 7) is 3.79. The molecular weight excluding hydrogens is 226 g/mol. The van der Waals surface area contributed by atoms with Crippen molar-refractivity contribution < 1.29 is 4.79 Å². The minimum absolute atomic E-state index is 0.215. The van der Waals surface area contributed by atoms with E-state index in [1.165, 1.54) is 4.57 Å². The van der Waals surface area contributed by atoms with Crippen LogP contribution in [-0.4, -0.2) is 10.4 Å². The number of hydrogen-bond acceptors (Lipinski definition) is 2. The molecule has 0 saturated carbocycles. The normalized spacial score (nSPS) is 10.4. The Bertz CT molecular complexity index is 651. The van der Waals surface area contributed by atoms with Gasteiger partial charge in [0.15, 0.2) is 5.78 Å². The molecule has 0 saturated heterocycles. The summed E-state index contributed by atoms with van der Waals surface area (Å²) in [5, 5.41) is 0. The average molecular weight is 241 g/mol. The molecule has 0 atom stereocenters. The third-order valence-corrected chi connectivity index (χ3v) is 3.11. The Balaban J connectivity index is 2.50. The van der Waals surface area contributed by atoms with Crippen molar-refractivity contribution in [1.29, 1.82) is 0 Å². The summed E-state index contributed by atoms with van der Waals surface area (Å²) in [4.78, 5) is 24.2. The molecule has 18 heavy (non-hydrogen) atoms. The van der Waals surface area contributed by atoms with Crippen LogP contribution in [0.5, 0.6) is 0 Å². The monoisotopic (exact) mass is 241 g/mol. The molecule has 0 N–H and O–H groups in total. The quantitative estimate of drug-likeness (QED) is 0.756. The number of hydrogen-bond donors (Lipinski definition) is 0. The van der Waals surface area contributed by atoms with Crippen molar-refractivity contribution in [2.45, 2.75) is 13.8 Å². The van der Waals surface area contributed by atoms with E-state index >= 15 is 0 Å². The van der Waals surface area contributed by atoms with Gasteiger partial charge in [-0.1, -0.05) is 29.8 Å². The second-order valence-corrected chi connectivity index (χ2v) is 4.45. The van der Waals surface area contributed by atoms with Crippen molar-refractivity contribution in [2.75, 3.05) is 0 Å². The second kappa shape index (κ2) is 4.61. The van der Waals surface area contributed by atoms with Crippen LogP contribution in [0.3, 0.4) is 0 Å². The standard InChI is InChI=1S/C15H15NO2/c1-10-4-7-12(8-5-10)14(17)13-9-6-11(2)16(3)15(13)18/h4-9H,1-3H3. The van der Waals surface area contributed by atoms with Crippen LogP contribution in [0.15, 0.2) is 41.2 Å². The fraction of sp³-hybridized carbons (Fsp3) is 0.200. The van der Waals surface area contributed by atoms with Gasteiger partial charge in [-0.05, 0) is 26.0 Å². The Morgan fingerprint density at radius 1 is 1.00 bits per heavy atom. The Hall–Kier alpha value is -2.16. The molecule has 2 rings (SSSR count). The Morgan fingerprint density at radius 2 is 1.61 bits per heavy atom. The van der Waals surface area contributed by atoms with Gasteiger partial charge in [0.1, 0.15) is 0 Å². The molecule has 0 fully saturated rings. The average Bonchev–Trinajstić information content (AvgIpc) is 2.36. The molecule has 1 heterocycles. The van der Waals surface area contributed by atoms with Crippen LogP contribution in [0.2, 0.25) is 0 Å². The lowest BCUT2D eigenvalue weighted by Gasteiger charge is -2.06. The van der Waals surface area contributed by atoms with E-state index in [1.54, 1.807) is 31.3 Å². The van der Waals surface area contributed by atoms with Crippen LogP contribution in [0.25, 0.3) is 0 Å². The molecule has 3 nitrogen and oxygen atoms in total. The number of carbonyl (C=O) groups is 1. The third-order valence-electron chi connectivity index (χ3n) is 3.11. The molecule has 0 spiro atoms. The van der Waals surface area contributed by atoms with Gasteiger partial charge in [-0.2, -0.15) is 0 Å². The van der Waals surface area contributed by atoms with Crippen LogP contribution >= 0.6 is 0 Å². The molecule has 3 heteroatoms. The van der Waals surface area contributed by atoms with E-state index in [-0.39, 0.29) is 16.9 Å². The van der Waals surface area contributed by atoms with E-state index < -0.39 is 0 Å². The second-order valence-electron chi connectivity index (χ2n) is 4.45. The van der Waals surface area contributed by atoms with E-state index in [1.807, 2.05) is 26.0 Å².